The van der Waals surface area contributed by atoms with Crippen molar-refractivity contribution in [1.82, 2.24) is 19.9 Å². The highest BCUT2D eigenvalue weighted by atomic mass is 35.5. The Kier molecular flexibility index (Phi) is 5.46. The number of carbonyl (C=O) groups excluding carboxylic acids is 1. The lowest BCUT2D eigenvalue weighted by Gasteiger charge is -2.56. The van der Waals surface area contributed by atoms with E-state index in [4.69, 9.17) is 27.9 Å². The number of benzene rings is 1. The van der Waals surface area contributed by atoms with Crippen LogP contribution in [0, 0.1) is 5.41 Å². The number of piperidine rings is 1. The SMILES string of the molecule is CC(C)(C)OC(=O)N1CCC2(CC1)CC(O)(c1c(C3CC3)nnn1-c1c(Cl)cccc1Cl)C2. The third kappa shape index (κ3) is 4.24. The molecule has 1 N–H and O–H groups in total. The molecule has 3 aliphatic rings. The van der Waals surface area contributed by atoms with Crippen LogP contribution < -0.4 is 0 Å². The van der Waals surface area contributed by atoms with Crippen molar-refractivity contribution in [1.29, 1.82) is 0 Å². The second-order valence-corrected chi connectivity index (χ2v) is 11.7. The first-order valence-electron chi connectivity index (χ1n) is 11.6. The lowest BCUT2D eigenvalue weighted by atomic mass is 9.54. The molecule has 1 aromatic carbocycles. The van der Waals surface area contributed by atoms with Crippen LogP contribution in [0.25, 0.3) is 5.69 Å². The van der Waals surface area contributed by atoms with Crippen LogP contribution in [0.3, 0.4) is 0 Å². The molecule has 0 unspecified atom stereocenters. The second kappa shape index (κ2) is 7.85. The standard InChI is InChI=1S/C24H30Cl2N4O3/c1-22(2,3)33-21(31)29-11-9-23(10-12-29)13-24(32,14-23)20-18(15-7-8-15)27-28-30(20)19-16(25)5-4-6-17(19)26/h4-6,15,32H,7-14H2,1-3H3. The number of halogens is 2. The van der Waals surface area contributed by atoms with Crippen LogP contribution in [-0.2, 0) is 10.3 Å². The fraction of sp³-hybridized carbons (Fsp3) is 0.625. The van der Waals surface area contributed by atoms with Crippen molar-refractivity contribution in [2.45, 2.75) is 76.4 Å². The molecule has 0 bridgehead atoms. The maximum atomic E-state index is 12.4. The number of hydrogen-bond donors (Lipinski definition) is 1. The zero-order chi connectivity index (χ0) is 23.6. The van der Waals surface area contributed by atoms with E-state index >= 15 is 0 Å². The highest BCUT2D eigenvalue weighted by molar-refractivity contribution is 6.37. The number of carbonyl (C=O) groups is 1. The molecule has 1 amide bonds. The molecule has 2 heterocycles. The van der Waals surface area contributed by atoms with Crippen molar-refractivity contribution in [2.75, 3.05) is 13.1 Å². The lowest BCUT2D eigenvalue weighted by molar-refractivity contribution is -0.158. The number of para-hydroxylation sites is 1. The van der Waals surface area contributed by atoms with E-state index in [1.165, 1.54) is 0 Å². The fourth-order valence-corrected chi connectivity index (χ4v) is 5.97. The van der Waals surface area contributed by atoms with E-state index in [9.17, 15) is 9.90 Å². The highest BCUT2D eigenvalue weighted by Crippen LogP contribution is 2.61. The van der Waals surface area contributed by atoms with Crippen molar-refractivity contribution in [2.24, 2.45) is 5.41 Å². The van der Waals surface area contributed by atoms with Gasteiger partial charge in [-0.1, -0.05) is 34.5 Å². The maximum absolute atomic E-state index is 12.4. The predicted octanol–water partition coefficient (Wildman–Crippen LogP) is 5.45. The first kappa shape index (κ1) is 22.9. The molecule has 1 aromatic heterocycles. The molecule has 2 aromatic rings. The lowest BCUT2D eigenvalue weighted by Crippen LogP contribution is -2.56. The quantitative estimate of drug-likeness (QED) is 0.615. The number of rotatable bonds is 3. The Hall–Kier alpha value is -1.83. The Morgan fingerprint density at radius 1 is 1.15 bits per heavy atom. The molecule has 9 heteroatoms. The summed E-state index contributed by atoms with van der Waals surface area (Å²) in [5.74, 6) is 0.324. The average molecular weight is 493 g/mol. The molecule has 0 radical (unpaired) electrons. The van der Waals surface area contributed by atoms with Gasteiger partial charge < -0.3 is 14.7 Å². The summed E-state index contributed by atoms with van der Waals surface area (Å²) in [5.41, 5.74) is 0.582. The molecular weight excluding hydrogens is 463 g/mol. The molecule has 5 rings (SSSR count). The van der Waals surface area contributed by atoms with E-state index in [-0.39, 0.29) is 11.5 Å². The van der Waals surface area contributed by atoms with Crippen LogP contribution in [-0.4, -0.2) is 49.8 Å². The first-order chi connectivity index (χ1) is 15.5. The molecule has 33 heavy (non-hydrogen) atoms. The maximum Gasteiger partial charge on any atom is 0.410 e. The Balaban J connectivity index is 1.37. The summed E-state index contributed by atoms with van der Waals surface area (Å²) in [5, 5.41) is 21.6. The molecular formula is C24H30Cl2N4O3. The Bertz CT molecular complexity index is 1050. The monoisotopic (exact) mass is 492 g/mol. The summed E-state index contributed by atoms with van der Waals surface area (Å²) in [6.45, 7) is 6.90. The van der Waals surface area contributed by atoms with Crippen molar-refractivity contribution in [3.05, 3.63) is 39.6 Å². The average Bonchev–Trinajstić information content (AvgIpc) is 3.45. The van der Waals surface area contributed by atoms with Gasteiger partial charge in [0.1, 0.15) is 16.9 Å². The first-order valence-corrected chi connectivity index (χ1v) is 12.4. The Labute approximate surface area is 204 Å². The van der Waals surface area contributed by atoms with Crippen LogP contribution in [0.1, 0.15) is 76.6 Å². The summed E-state index contributed by atoms with van der Waals surface area (Å²) >= 11 is 13.0. The predicted molar refractivity (Wildman–Crippen MR) is 126 cm³/mol. The van der Waals surface area contributed by atoms with Crippen molar-refractivity contribution in [3.8, 4) is 5.69 Å². The normalized spacial score (nSPS) is 21.7. The van der Waals surface area contributed by atoms with E-state index in [1.54, 1.807) is 27.8 Å². The van der Waals surface area contributed by atoms with Gasteiger partial charge in [0.2, 0.25) is 0 Å². The summed E-state index contributed by atoms with van der Waals surface area (Å²) in [6.07, 6.45) is 4.72. The largest absolute Gasteiger partial charge is 0.444 e. The zero-order valence-electron chi connectivity index (χ0n) is 19.3. The van der Waals surface area contributed by atoms with E-state index in [1.807, 2.05) is 20.8 Å². The molecule has 1 saturated heterocycles. The second-order valence-electron chi connectivity index (χ2n) is 10.9. The number of hydrogen-bond acceptors (Lipinski definition) is 5. The van der Waals surface area contributed by atoms with Gasteiger partial charge >= 0.3 is 6.09 Å². The third-order valence-electron chi connectivity index (χ3n) is 7.06. The minimum Gasteiger partial charge on any atom is -0.444 e. The summed E-state index contributed by atoms with van der Waals surface area (Å²) in [7, 11) is 0. The van der Waals surface area contributed by atoms with Crippen LogP contribution >= 0.6 is 23.2 Å². The van der Waals surface area contributed by atoms with Crippen LogP contribution in [0.15, 0.2) is 18.2 Å². The molecule has 1 aliphatic heterocycles. The van der Waals surface area contributed by atoms with Crippen molar-refractivity contribution < 1.29 is 14.6 Å². The number of aromatic nitrogens is 3. The van der Waals surface area contributed by atoms with Gasteiger partial charge in [0.05, 0.1) is 21.4 Å². The van der Waals surface area contributed by atoms with Crippen LogP contribution in [0.4, 0.5) is 4.79 Å². The van der Waals surface area contributed by atoms with Crippen molar-refractivity contribution in [3.63, 3.8) is 0 Å². The Morgan fingerprint density at radius 3 is 2.30 bits per heavy atom. The van der Waals surface area contributed by atoms with Gasteiger partial charge in [-0.2, -0.15) is 0 Å². The van der Waals surface area contributed by atoms with Crippen molar-refractivity contribution >= 4 is 29.3 Å². The third-order valence-corrected chi connectivity index (χ3v) is 7.67. The Morgan fingerprint density at radius 2 is 1.76 bits per heavy atom. The van der Waals surface area contributed by atoms with Gasteiger partial charge in [0.15, 0.2) is 0 Å². The van der Waals surface area contributed by atoms with E-state index < -0.39 is 11.2 Å². The molecule has 2 aliphatic carbocycles. The zero-order valence-corrected chi connectivity index (χ0v) is 20.8. The summed E-state index contributed by atoms with van der Waals surface area (Å²) < 4.78 is 7.18. The minimum absolute atomic E-state index is 0.00649. The molecule has 0 atom stereocenters. The molecule has 178 valence electrons. The van der Waals surface area contributed by atoms with E-state index in [0.29, 0.717) is 47.6 Å². The smallest absolute Gasteiger partial charge is 0.410 e. The number of likely N-dealkylation sites (tertiary alicyclic amines) is 1. The van der Waals surface area contributed by atoms with Gasteiger partial charge in [-0.05, 0) is 76.8 Å². The highest BCUT2D eigenvalue weighted by Gasteiger charge is 2.58. The minimum atomic E-state index is -1.04. The van der Waals surface area contributed by atoms with Gasteiger partial charge in [-0.25, -0.2) is 9.48 Å². The van der Waals surface area contributed by atoms with Gasteiger partial charge in [-0.3, -0.25) is 0 Å². The molecule has 1 spiro atoms. The number of nitrogens with zero attached hydrogens (tertiary/aromatic N) is 4. The number of aliphatic hydroxyl groups is 1. The van der Waals surface area contributed by atoms with Gasteiger partial charge in [-0.15, -0.1) is 5.10 Å². The molecule has 3 fully saturated rings. The molecule has 7 nitrogen and oxygen atoms in total. The fourth-order valence-electron chi connectivity index (χ4n) is 5.41. The summed E-state index contributed by atoms with van der Waals surface area (Å²) in [6, 6.07) is 5.32. The van der Waals surface area contributed by atoms with Gasteiger partial charge in [0.25, 0.3) is 0 Å². The van der Waals surface area contributed by atoms with E-state index in [0.717, 1.165) is 37.1 Å². The summed E-state index contributed by atoms with van der Waals surface area (Å²) in [4.78, 5) is 14.2. The van der Waals surface area contributed by atoms with Crippen LogP contribution in [0.2, 0.25) is 10.0 Å². The number of amides is 1. The molecule has 2 saturated carbocycles. The van der Waals surface area contributed by atoms with Crippen LogP contribution in [0.5, 0.6) is 0 Å². The van der Waals surface area contributed by atoms with E-state index in [2.05, 4.69) is 10.3 Å². The topological polar surface area (TPSA) is 80.5 Å². The van der Waals surface area contributed by atoms with Gasteiger partial charge in [0, 0.05) is 19.0 Å². The number of ether oxygens (including phenoxy) is 1.